The van der Waals surface area contributed by atoms with Gasteiger partial charge in [-0.05, 0) is 61.0 Å². The number of carbonyl (C=O) groups is 2. The van der Waals surface area contributed by atoms with Crippen molar-refractivity contribution in [1.29, 1.82) is 0 Å². The average Bonchev–Trinajstić information content (AvgIpc) is 3.60. The van der Waals surface area contributed by atoms with Gasteiger partial charge in [-0.25, -0.2) is 0 Å². The maximum atomic E-state index is 14.0. The SMILES string of the molecule is COc1ccc(CN2C(=O)c3ccc(-c4ccco4)n3C[C@@]2(C)C(=O)NCc2ccc(Cl)cc2)c(OC)c1. The van der Waals surface area contributed by atoms with Crippen LogP contribution in [0.4, 0.5) is 0 Å². The highest BCUT2D eigenvalue weighted by Crippen LogP contribution is 2.36. The van der Waals surface area contributed by atoms with Crippen LogP contribution in [0.5, 0.6) is 11.5 Å². The van der Waals surface area contributed by atoms with E-state index < -0.39 is 5.54 Å². The number of carbonyl (C=O) groups excluding carboxylic acids is 2. The molecule has 2 aromatic heterocycles. The molecule has 0 unspecified atom stereocenters. The summed E-state index contributed by atoms with van der Waals surface area (Å²) in [7, 11) is 3.14. The Bertz CT molecular complexity index is 1460. The fourth-order valence-corrected chi connectivity index (χ4v) is 4.91. The van der Waals surface area contributed by atoms with Gasteiger partial charge in [0.15, 0.2) is 0 Å². The van der Waals surface area contributed by atoms with Crippen molar-refractivity contribution in [2.75, 3.05) is 14.2 Å². The lowest BCUT2D eigenvalue weighted by Gasteiger charge is -2.44. The Hall–Kier alpha value is -4.17. The van der Waals surface area contributed by atoms with Gasteiger partial charge in [0.1, 0.15) is 28.5 Å². The smallest absolute Gasteiger partial charge is 0.271 e. The number of aromatic nitrogens is 1. The van der Waals surface area contributed by atoms with Crippen molar-refractivity contribution in [3.63, 3.8) is 0 Å². The number of furan rings is 1. The second-order valence-corrected chi connectivity index (χ2v) is 9.76. The normalized spacial score (nSPS) is 16.7. The van der Waals surface area contributed by atoms with Gasteiger partial charge in [0.25, 0.3) is 5.91 Å². The van der Waals surface area contributed by atoms with Gasteiger partial charge in [0, 0.05) is 23.2 Å². The van der Waals surface area contributed by atoms with Crippen LogP contribution in [0.15, 0.2) is 77.4 Å². The maximum Gasteiger partial charge on any atom is 0.271 e. The highest BCUT2D eigenvalue weighted by atomic mass is 35.5. The van der Waals surface area contributed by atoms with Gasteiger partial charge >= 0.3 is 0 Å². The van der Waals surface area contributed by atoms with Gasteiger partial charge in [-0.3, -0.25) is 9.59 Å². The molecule has 1 N–H and O–H groups in total. The van der Waals surface area contributed by atoms with Crippen LogP contribution < -0.4 is 14.8 Å². The number of benzene rings is 2. The van der Waals surface area contributed by atoms with Gasteiger partial charge in [-0.1, -0.05) is 23.7 Å². The highest BCUT2D eigenvalue weighted by Gasteiger charge is 2.48. The zero-order valence-electron chi connectivity index (χ0n) is 21.4. The van der Waals surface area contributed by atoms with Crippen LogP contribution in [0, 0.1) is 0 Å². The topological polar surface area (TPSA) is 85.9 Å². The number of hydrogen-bond acceptors (Lipinski definition) is 5. The number of methoxy groups -OCH3 is 2. The molecule has 8 nitrogen and oxygen atoms in total. The molecule has 0 bridgehead atoms. The summed E-state index contributed by atoms with van der Waals surface area (Å²) in [4.78, 5) is 29.5. The number of nitrogens with zero attached hydrogens (tertiary/aromatic N) is 2. The molecule has 196 valence electrons. The van der Waals surface area contributed by atoms with Gasteiger partial charge in [0.2, 0.25) is 5.91 Å². The largest absolute Gasteiger partial charge is 0.497 e. The molecule has 0 radical (unpaired) electrons. The molecule has 0 saturated heterocycles. The molecule has 1 aliphatic rings. The summed E-state index contributed by atoms with van der Waals surface area (Å²) in [5.74, 6) is 1.28. The summed E-state index contributed by atoms with van der Waals surface area (Å²) in [5, 5.41) is 3.65. The third-order valence-electron chi connectivity index (χ3n) is 6.96. The molecule has 2 amide bonds. The minimum atomic E-state index is -1.22. The first-order valence-electron chi connectivity index (χ1n) is 12.1. The lowest BCUT2D eigenvalue weighted by atomic mass is 9.93. The highest BCUT2D eigenvalue weighted by molar-refractivity contribution is 6.30. The predicted octanol–water partition coefficient (Wildman–Crippen LogP) is 5.15. The molecule has 0 spiro atoms. The van der Waals surface area contributed by atoms with E-state index in [0.29, 0.717) is 34.5 Å². The Balaban J connectivity index is 1.52. The summed E-state index contributed by atoms with van der Waals surface area (Å²) in [6.07, 6.45) is 1.58. The van der Waals surface area contributed by atoms with Gasteiger partial charge < -0.3 is 28.7 Å². The standard InChI is InChI=1S/C29H28ClN3O5/c1-29(28(35)31-16-19-6-9-21(30)10-7-19)18-32-23(25-5-4-14-38-25)12-13-24(32)27(34)33(29)17-20-8-11-22(36-2)15-26(20)37-3/h4-15H,16-18H2,1-3H3,(H,31,35)/t29-/m0/s1. The fraction of sp³-hybridized carbons (Fsp3) is 0.241. The second kappa shape index (κ2) is 10.3. The van der Waals surface area contributed by atoms with Crippen molar-refractivity contribution in [1.82, 2.24) is 14.8 Å². The second-order valence-electron chi connectivity index (χ2n) is 9.32. The summed E-state index contributed by atoms with van der Waals surface area (Å²) in [6, 6.07) is 19.9. The van der Waals surface area contributed by atoms with Gasteiger partial charge in [-0.15, -0.1) is 0 Å². The number of hydrogen-bond donors (Lipinski definition) is 1. The van der Waals surface area contributed by atoms with Crippen LogP contribution >= 0.6 is 11.6 Å². The minimum Gasteiger partial charge on any atom is -0.497 e. The predicted molar refractivity (Wildman–Crippen MR) is 143 cm³/mol. The molecule has 38 heavy (non-hydrogen) atoms. The van der Waals surface area contributed by atoms with E-state index in [0.717, 1.165) is 16.8 Å². The molecule has 9 heteroatoms. The first-order chi connectivity index (χ1) is 18.3. The third-order valence-corrected chi connectivity index (χ3v) is 7.21. The lowest BCUT2D eigenvalue weighted by Crippen LogP contribution is -2.63. The summed E-state index contributed by atoms with van der Waals surface area (Å²) in [6.45, 7) is 2.48. The van der Waals surface area contributed by atoms with E-state index in [1.807, 2.05) is 41.0 Å². The monoisotopic (exact) mass is 533 g/mol. The molecule has 1 aliphatic heterocycles. The molecular weight excluding hydrogens is 506 g/mol. The molecule has 1 atom stereocenters. The van der Waals surface area contributed by atoms with Gasteiger partial charge in [-0.2, -0.15) is 0 Å². The van der Waals surface area contributed by atoms with E-state index in [4.69, 9.17) is 25.5 Å². The maximum absolute atomic E-state index is 14.0. The molecule has 0 saturated carbocycles. The first kappa shape index (κ1) is 25.5. The Morgan fingerprint density at radius 1 is 1.05 bits per heavy atom. The van der Waals surface area contributed by atoms with Crippen LogP contribution in [0.25, 0.3) is 11.5 Å². The van der Waals surface area contributed by atoms with E-state index in [1.165, 1.54) is 0 Å². The fourth-order valence-electron chi connectivity index (χ4n) is 4.79. The molecule has 3 heterocycles. The Morgan fingerprint density at radius 2 is 1.82 bits per heavy atom. The van der Waals surface area contributed by atoms with Gasteiger partial charge in [0.05, 0.1) is 39.3 Å². The Morgan fingerprint density at radius 3 is 2.50 bits per heavy atom. The molecule has 4 aromatic rings. The third kappa shape index (κ3) is 4.63. The van der Waals surface area contributed by atoms with Crippen LogP contribution in [0.1, 0.15) is 28.5 Å². The van der Waals surface area contributed by atoms with Crippen LogP contribution in [-0.4, -0.2) is 41.0 Å². The Kier molecular flexibility index (Phi) is 6.91. The van der Waals surface area contributed by atoms with E-state index in [2.05, 4.69) is 5.32 Å². The van der Waals surface area contributed by atoms with Crippen molar-refractivity contribution in [3.8, 4) is 23.0 Å². The van der Waals surface area contributed by atoms with E-state index >= 15 is 0 Å². The minimum absolute atomic E-state index is 0.165. The molecule has 0 aliphatic carbocycles. The number of amides is 2. The number of nitrogens with one attached hydrogen (secondary N) is 1. The van der Waals surface area contributed by atoms with E-state index in [1.54, 1.807) is 62.6 Å². The molecular formula is C29H28ClN3O5. The van der Waals surface area contributed by atoms with Crippen molar-refractivity contribution < 1.29 is 23.5 Å². The quantitative estimate of drug-likeness (QED) is 0.338. The number of rotatable bonds is 8. The van der Waals surface area contributed by atoms with Crippen molar-refractivity contribution in [2.45, 2.75) is 32.1 Å². The molecule has 0 fully saturated rings. The summed E-state index contributed by atoms with van der Waals surface area (Å²) >= 11 is 6.01. The van der Waals surface area contributed by atoms with Crippen molar-refractivity contribution in [3.05, 3.63) is 94.8 Å². The molecule has 5 rings (SSSR count). The van der Waals surface area contributed by atoms with Crippen molar-refractivity contribution in [2.24, 2.45) is 0 Å². The lowest BCUT2D eigenvalue weighted by molar-refractivity contribution is -0.133. The van der Waals surface area contributed by atoms with E-state index in [9.17, 15) is 9.59 Å². The van der Waals surface area contributed by atoms with Crippen LogP contribution in [0.2, 0.25) is 5.02 Å². The number of ether oxygens (including phenoxy) is 2. The van der Waals surface area contributed by atoms with Crippen LogP contribution in [0.3, 0.4) is 0 Å². The molecule has 2 aromatic carbocycles. The zero-order chi connectivity index (χ0) is 26.9. The zero-order valence-corrected chi connectivity index (χ0v) is 22.1. The number of fused-ring (bicyclic) bond motifs is 1. The van der Waals surface area contributed by atoms with E-state index in [-0.39, 0.29) is 24.9 Å². The number of halogens is 1. The van der Waals surface area contributed by atoms with Crippen molar-refractivity contribution >= 4 is 23.4 Å². The first-order valence-corrected chi connectivity index (χ1v) is 12.5. The summed E-state index contributed by atoms with van der Waals surface area (Å²) < 4.78 is 18.4. The summed E-state index contributed by atoms with van der Waals surface area (Å²) in [5.41, 5.74) is 1.64. The average molecular weight is 534 g/mol. The van der Waals surface area contributed by atoms with Crippen LogP contribution in [-0.2, 0) is 24.4 Å². The Labute approximate surface area is 225 Å².